The SMILES string of the molecule is Cc1cccc2cc(C(O)CNC(C)C)oc12. The molecular formula is C14H19NO2. The van der Waals surface area contributed by atoms with Crippen molar-refractivity contribution in [3.8, 4) is 0 Å². The van der Waals surface area contributed by atoms with Crippen molar-refractivity contribution in [3.05, 3.63) is 35.6 Å². The third kappa shape index (κ3) is 2.68. The Morgan fingerprint density at radius 1 is 1.35 bits per heavy atom. The smallest absolute Gasteiger partial charge is 0.137 e. The van der Waals surface area contributed by atoms with Crippen molar-refractivity contribution >= 4 is 11.0 Å². The number of benzene rings is 1. The van der Waals surface area contributed by atoms with Crippen molar-refractivity contribution in [2.24, 2.45) is 0 Å². The van der Waals surface area contributed by atoms with Crippen molar-refractivity contribution in [2.75, 3.05) is 6.54 Å². The summed E-state index contributed by atoms with van der Waals surface area (Å²) in [4.78, 5) is 0. The summed E-state index contributed by atoms with van der Waals surface area (Å²) in [6, 6.07) is 8.27. The van der Waals surface area contributed by atoms with E-state index in [0.717, 1.165) is 16.5 Å². The molecule has 1 aromatic carbocycles. The quantitative estimate of drug-likeness (QED) is 0.853. The van der Waals surface area contributed by atoms with Crippen LogP contribution >= 0.6 is 0 Å². The van der Waals surface area contributed by atoms with E-state index in [-0.39, 0.29) is 0 Å². The number of hydrogen-bond acceptors (Lipinski definition) is 3. The molecule has 0 radical (unpaired) electrons. The lowest BCUT2D eigenvalue weighted by atomic mass is 10.1. The van der Waals surface area contributed by atoms with Crippen molar-refractivity contribution in [3.63, 3.8) is 0 Å². The number of fused-ring (bicyclic) bond motifs is 1. The minimum atomic E-state index is -0.593. The summed E-state index contributed by atoms with van der Waals surface area (Å²) in [7, 11) is 0. The van der Waals surface area contributed by atoms with E-state index in [4.69, 9.17) is 4.42 Å². The molecule has 0 aliphatic heterocycles. The topological polar surface area (TPSA) is 45.4 Å². The van der Waals surface area contributed by atoms with Gasteiger partial charge >= 0.3 is 0 Å². The molecule has 0 saturated heterocycles. The summed E-state index contributed by atoms with van der Waals surface area (Å²) in [6.45, 7) is 6.62. The standard InChI is InChI=1S/C14H19NO2/c1-9(2)15-8-12(16)13-7-11-6-4-5-10(3)14(11)17-13/h4-7,9,12,15-16H,8H2,1-3H3. The molecule has 0 amide bonds. The molecule has 0 saturated carbocycles. The molecule has 2 aromatic rings. The van der Waals surface area contributed by atoms with Gasteiger partial charge in [0.2, 0.25) is 0 Å². The van der Waals surface area contributed by atoms with Gasteiger partial charge in [0.15, 0.2) is 0 Å². The third-order valence-corrected chi connectivity index (χ3v) is 2.81. The van der Waals surface area contributed by atoms with Crippen molar-refractivity contribution < 1.29 is 9.52 Å². The number of nitrogens with one attached hydrogen (secondary N) is 1. The van der Waals surface area contributed by atoms with Crippen molar-refractivity contribution in [1.29, 1.82) is 0 Å². The van der Waals surface area contributed by atoms with Gasteiger partial charge in [0.1, 0.15) is 17.4 Å². The van der Waals surface area contributed by atoms with Gasteiger partial charge in [0.05, 0.1) is 0 Å². The molecule has 1 unspecified atom stereocenters. The lowest BCUT2D eigenvalue weighted by Crippen LogP contribution is -2.27. The zero-order valence-electron chi connectivity index (χ0n) is 10.5. The Morgan fingerprint density at radius 2 is 2.12 bits per heavy atom. The van der Waals surface area contributed by atoms with Crippen molar-refractivity contribution in [1.82, 2.24) is 5.32 Å². The zero-order chi connectivity index (χ0) is 12.4. The van der Waals surface area contributed by atoms with E-state index in [1.54, 1.807) is 0 Å². The molecule has 0 bridgehead atoms. The second kappa shape index (κ2) is 4.90. The number of para-hydroxylation sites is 1. The first-order valence-corrected chi connectivity index (χ1v) is 5.98. The van der Waals surface area contributed by atoms with Crippen LogP contribution < -0.4 is 5.32 Å². The molecule has 2 N–H and O–H groups in total. The summed E-state index contributed by atoms with van der Waals surface area (Å²) in [6.07, 6.45) is -0.593. The van der Waals surface area contributed by atoms with Gasteiger partial charge in [-0.05, 0) is 18.6 Å². The molecule has 3 heteroatoms. The molecule has 0 aliphatic carbocycles. The number of hydrogen-bond donors (Lipinski definition) is 2. The number of aliphatic hydroxyl groups is 1. The molecule has 92 valence electrons. The van der Waals surface area contributed by atoms with Crippen LogP contribution in [0.15, 0.2) is 28.7 Å². The van der Waals surface area contributed by atoms with Crippen LogP contribution in [0.4, 0.5) is 0 Å². The fourth-order valence-corrected chi connectivity index (χ4v) is 1.84. The zero-order valence-corrected chi connectivity index (χ0v) is 10.5. The minimum Gasteiger partial charge on any atom is -0.458 e. The number of aryl methyl sites for hydroxylation is 1. The summed E-state index contributed by atoms with van der Waals surface area (Å²) in [5, 5.41) is 14.2. The second-order valence-corrected chi connectivity index (χ2v) is 4.72. The molecule has 1 atom stereocenters. The van der Waals surface area contributed by atoms with Gasteiger partial charge in [-0.15, -0.1) is 0 Å². The average Bonchev–Trinajstić information content (AvgIpc) is 2.71. The molecule has 3 nitrogen and oxygen atoms in total. The highest BCUT2D eigenvalue weighted by molar-refractivity contribution is 5.80. The van der Waals surface area contributed by atoms with Crippen LogP contribution in [-0.2, 0) is 0 Å². The van der Waals surface area contributed by atoms with Crippen LogP contribution in [-0.4, -0.2) is 17.7 Å². The maximum atomic E-state index is 10.0. The normalized spacial score (nSPS) is 13.5. The van der Waals surface area contributed by atoms with E-state index in [1.165, 1.54) is 0 Å². The second-order valence-electron chi connectivity index (χ2n) is 4.72. The Balaban J connectivity index is 2.21. The van der Waals surface area contributed by atoms with Gasteiger partial charge < -0.3 is 14.8 Å². The third-order valence-electron chi connectivity index (χ3n) is 2.81. The Hall–Kier alpha value is -1.32. The fourth-order valence-electron chi connectivity index (χ4n) is 1.84. The first-order valence-electron chi connectivity index (χ1n) is 5.98. The van der Waals surface area contributed by atoms with E-state index in [1.807, 2.05) is 31.2 Å². The average molecular weight is 233 g/mol. The van der Waals surface area contributed by atoms with Crippen LogP contribution in [0.25, 0.3) is 11.0 Å². The summed E-state index contributed by atoms with van der Waals surface area (Å²) in [5.74, 6) is 0.627. The maximum Gasteiger partial charge on any atom is 0.137 e. The molecule has 0 aliphatic rings. The van der Waals surface area contributed by atoms with Crippen LogP contribution in [0, 0.1) is 6.92 Å². The van der Waals surface area contributed by atoms with Gasteiger partial charge in [0.25, 0.3) is 0 Å². The number of furan rings is 1. The highest BCUT2D eigenvalue weighted by Crippen LogP contribution is 2.26. The van der Waals surface area contributed by atoms with Crippen molar-refractivity contribution in [2.45, 2.75) is 32.9 Å². The summed E-state index contributed by atoms with van der Waals surface area (Å²) in [5.41, 5.74) is 1.96. The van der Waals surface area contributed by atoms with Gasteiger partial charge in [-0.1, -0.05) is 32.0 Å². The fraction of sp³-hybridized carbons (Fsp3) is 0.429. The Labute approximate surface area is 101 Å². The van der Waals surface area contributed by atoms with Crippen LogP contribution in [0.2, 0.25) is 0 Å². The Bertz CT molecular complexity index is 502. The number of rotatable bonds is 4. The molecule has 17 heavy (non-hydrogen) atoms. The minimum absolute atomic E-state index is 0.357. The molecule has 1 aromatic heterocycles. The summed E-state index contributed by atoms with van der Waals surface area (Å²) >= 11 is 0. The van der Waals surface area contributed by atoms with Gasteiger partial charge in [-0.2, -0.15) is 0 Å². The Morgan fingerprint density at radius 3 is 2.76 bits per heavy atom. The van der Waals surface area contributed by atoms with E-state index in [2.05, 4.69) is 19.2 Å². The summed E-state index contributed by atoms with van der Waals surface area (Å²) < 4.78 is 5.70. The first-order chi connectivity index (χ1) is 8.08. The predicted octanol–water partition coefficient (Wildman–Crippen LogP) is 2.77. The van der Waals surface area contributed by atoms with E-state index >= 15 is 0 Å². The lowest BCUT2D eigenvalue weighted by molar-refractivity contribution is 0.147. The van der Waals surface area contributed by atoms with Gasteiger partial charge in [-0.25, -0.2) is 0 Å². The van der Waals surface area contributed by atoms with E-state index in [9.17, 15) is 5.11 Å². The highest BCUT2D eigenvalue weighted by atomic mass is 16.4. The molecule has 1 heterocycles. The molecule has 0 fully saturated rings. The molecule has 2 rings (SSSR count). The Kier molecular flexibility index (Phi) is 3.50. The van der Waals surface area contributed by atoms with Gasteiger partial charge in [-0.3, -0.25) is 0 Å². The van der Waals surface area contributed by atoms with Crippen LogP contribution in [0.3, 0.4) is 0 Å². The van der Waals surface area contributed by atoms with Crippen LogP contribution in [0.5, 0.6) is 0 Å². The monoisotopic (exact) mass is 233 g/mol. The largest absolute Gasteiger partial charge is 0.458 e. The van der Waals surface area contributed by atoms with Crippen LogP contribution in [0.1, 0.15) is 31.3 Å². The van der Waals surface area contributed by atoms with Gasteiger partial charge in [0, 0.05) is 18.0 Å². The highest BCUT2D eigenvalue weighted by Gasteiger charge is 2.14. The molecular weight excluding hydrogens is 214 g/mol. The van der Waals surface area contributed by atoms with E-state index in [0.29, 0.717) is 18.3 Å². The lowest BCUT2D eigenvalue weighted by Gasteiger charge is -2.11. The predicted molar refractivity (Wildman–Crippen MR) is 69.0 cm³/mol. The first kappa shape index (κ1) is 12.1. The van der Waals surface area contributed by atoms with E-state index < -0.39 is 6.10 Å². The molecule has 0 spiro atoms. The number of aliphatic hydroxyl groups excluding tert-OH is 1. The maximum absolute atomic E-state index is 10.0.